The molecule has 1 N–H and O–H groups in total. The van der Waals surface area contributed by atoms with E-state index in [4.69, 9.17) is 0 Å². The molecule has 0 amide bonds. The van der Waals surface area contributed by atoms with Gasteiger partial charge in [-0.1, -0.05) is 37.6 Å². The first kappa shape index (κ1) is 15.5. The lowest BCUT2D eigenvalue weighted by atomic mass is 9.88. The van der Waals surface area contributed by atoms with Crippen molar-refractivity contribution in [2.75, 3.05) is 13.1 Å². The van der Waals surface area contributed by atoms with Crippen LogP contribution in [-0.2, 0) is 12.8 Å². The van der Waals surface area contributed by atoms with Gasteiger partial charge in [-0.3, -0.25) is 4.90 Å². The molecule has 0 aliphatic carbocycles. The summed E-state index contributed by atoms with van der Waals surface area (Å²) in [6.07, 6.45) is 5.37. The second kappa shape index (κ2) is 6.73. The van der Waals surface area contributed by atoms with Crippen LogP contribution in [-0.4, -0.2) is 34.7 Å². The number of benzene rings is 1. The molecule has 1 atom stereocenters. The van der Waals surface area contributed by atoms with E-state index >= 15 is 0 Å². The first-order chi connectivity index (χ1) is 9.54. The molecule has 0 bridgehead atoms. The van der Waals surface area contributed by atoms with Crippen molar-refractivity contribution >= 4 is 0 Å². The van der Waals surface area contributed by atoms with E-state index < -0.39 is 0 Å². The Kier molecular flexibility index (Phi) is 5.22. The number of piperidine rings is 1. The van der Waals surface area contributed by atoms with Gasteiger partial charge in [0.15, 0.2) is 0 Å². The number of likely N-dealkylation sites (tertiary alicyclic amines) is 1. The Morgan fingerprint density at radius 1 is 1.05 bits per heavy atom. The molecular weight excluding hydrogens is 246 g/mol. The highest BCUT2D eigenvalue weighted by molar-refractivity contribution is 5.23. The Hall–Kier alpha value is -0.860. The number of hydrogen-bond donors (Lipinski definition) is 1. The Morgan fingerprint density at radius 3 is 2.15 bits per heavy atom. The number of rotatable bonds is 5. The van der Waals surface area contributed by atoms with E-state index in [1.807, 2.05) is 0 Å². The highest BCUT2D eigenvalue weighted by Gasteiger charge is 2.34. The van der Waals surface area contributed by atoms with Crippen molar-refractivity contribution in [3.05, 3.63) is 35.4 Å². The molecule has 1 heterocycles. The standard InChI is InChI=1S/C18H29NO/c1-4-15-8-10-16(11-9-15)14-17(20)18(2,3)19-12-6-5-7-13-19/h8-11,17,20H,4-7,12-14H2,1-3H3. The average Bonchev–Trinajstić information content (AvgIpc) is 2.49. The molecule has 2 heteroatoms. The SMILES string of the molecule is CCc1ccc(CC(O)C(C)(C)N2CCCCC2)cc1. The van der Waals surface area contributed by atoms with Crippen molar-refractivity contribution in [2.45, 2.75) is 64.5 Å². The van der Waals surface area contributed by atoms with E-state index in [2.05, 4.69) is 49.9 Å². The van der Waals surface area contributed by atoms with Crippen LogP contribution in [0.5, 0.6) is 0 Å². The summed E-state index contributed by atoms with van der Waals surface area (Å²) in [4.78, 5) is 2.46. The van der Waals surface area contributed by atoms with Crippen LogP contribution in [0.3, 0.4) is 0 Å². The Balaban J connectivity index is 1.99. The van der Waals surface area contributed by atoms with E-state index in [0.29, 0.717) is 0 Å². The maximum atomic E-state index is 10.7. The summed E-state index contributed by atoms with van der Waals surface area (Å²) < 4.78 is 0. The molecule has 0 saturated carbocycles. The zero-order valence-electron chi connectivity index (χ0n) is 13.2. The monoisotopic (exact) mass is 275 g/mol. The third-order valence-corrected chi connectivity index (χ3v) is 4.85. The molecule has 2 rings (SSSR count). The summed E-state index contributed by atoms with van der Waals surface area (Å²) in [6, 6.07) is 8.68. The minimum atomic E-state index is -0.312. The minimum Gasteiger partial charge on any atom is -0.391 e. The van der Waals surface area contributed by atoms with Gasteiger partial charge in [-0.15, -0.1) is 0 Å². The van der Waals surface area contributed by atoms with Gasteiger partial charge < -0.3 is 5.11 Å². The topological polar surface area (TPSA) is 23.5 Å². The van der Waals surface area contributed by atoms with Crippen LogP contribution in [0.4, 0.5) is 0 Å². The van der Waals surface area contributed by atoms with Crippen LogP contribution in [0.1, 0.15) is 51.2 Å². The van der Waals surface area contributed by atoms with Crippen LogP contribution in [0.25, 0.3) is 0 Å². The van der Waals surface area contributed by atoms with E-state index in [-0.39, 0.29) is 11.6 Å². The van der Waals surface area contributed by atoms with Crippen molar-refractivity contribution in [3.8, 4) is 0 Å². The molecule has 1 unspecified atom stereocenters. The fraction of sp³-hybridized carbons (Fsp3) is 0.667. The smallest absolute Gasteiger partial charge is 0.0758 e. The Morgan fingerprint density at radius 2 is 1.60 bits per heavy atom. The molecule has 0 aromatic heterocycles. The number of aryl methyl sites for hydroxylation is 1. The highest BCUT2D eigenvalue weighted by atomic mass is 16.3. The third kappa shape index (κ3) is 3.62. The second-order valence-electron chi connectivity index (χ2n) is 6.59. The molecule has 1 fully saturated rings. The van der Waals surface area contributed by atoms with Crippen molar-refractivity contribution in [1.82, 2.24) is 4.90 Å². The molecule has 0 spiro atoms. The largest absolute Gasteiger partial charge is 0.391 e. The highest BCUT2D eigenvalue weighted by Crippen LogP contribution is 2.26. The summed E-state index contributed by atoms with van der Waals surface area (Å²) in [6.45, 7) is 8.79. The quantitative estimate of drug-likeness (QED) is 0.890. The predicted octanol–water partition coefficient (Wildman–Crippen LogP) is 3.42. The minimum absolute atomic E-state index is 0.135. The molecule has 1 aromatic carbocycles. The van der Waals surface area contributed by atoms with E-state index in [1.165, 1.54) is 30.4 Å². The van der Waals surface area contributed by atoms with E-state index in [1.54, 1.807) is 0 Å². The van der Waals surface area contributed by atoms with Crippen molar-refractivity contribution in [3.63, 3.8) is 0 Å². The first-order valence-electron chi connectivity index (χ1n) is 8.05. The number of nitrogens with zero attached hydrogens (tertiary/aromatic N) is 1. The Bertz CT molecular complexity index is 404. The molecule has 1 saturated heterocycles. The Labute approximate surface area is 123 Å². The van der Waals surface area contributed by atoms with Gasteiger partial charge >= 0.3 is 0 Å². The molecule has 1 aliphatic heterocycles. The molecule has 2 nitrogen and oxygen atoms in total. The lowest BCUT2D eigenvalue weighted by molar-refractivity contribution is -0.0187. The van der Waals surface area contributed by atoms with Crippen LogP contribution >= 0.6 is 0 Å². The maximum absolute atomic E-state index is 10.7. The molecule has 112 valence electrons. The van der Waals surface area contributed by atoms with Crippen LogP contribution in [0, 0.1) is 0 Å². The van der Waals surface area contributed by atoms with Crippen LogP contribution in [0.2, 0.25) is 0 Å². The average molecular weight is 275 g/mol. The molecule has 0 radical (unpaired) electrons. The number of aliphatic hydroxyl groups is 1. The summed E-state index contributed by atoms with van der Waals surface area (Å²) in [5.74, 6) is 0. The summed E-state index contributed by atoms with van der Waals surface area (Å²) in [5, 5.41) is 10.7. The van der Waals surface area contributed by atoms with Crippen molar-refractivity contribution < 1.29 is 5.11 Å². The summed E-state index contributed by atoms with van der Waals surface area (Å²) >= 11 is 0. The summed E-state index contributed by atoms with van der Waals surface area (Å²) in [7, 11) is 0. The number of aliphatic hydroxyl groups excluding tert-OH is 1. The molecular formula is C18H29NO. The van der Waals surface area contributed by atoms with Gasteiger partial charge in [-0.05, 0) is 57.3 Å². The fourth-order valence-electron chi connectivity index (χ4n) is 3.07. The maximum Gasteiger partial charge on any atom is 0.0758 e. The van der Waals surface area contributed by atoms with Gasteiger partial charge in [-0.2, -0.15) is 0 Å². The first-order valence-corrected chi connectivity index (χ1v) is 8.05. The van der Waals surface area contributed by atoms with Gasteiger partial charge in [0, 0.05) is 12.0 Å². The molecule has 1 aliphatic rings. The second-order valence-corrected chi connectivity index (χ2v) is 6.59. The lowest BCUT2D eigenvalue weighted by Gasteiger charge is -2.44. The molecule has 1 aromatic rings. The van der Waals surface area contributed by atoms with Gasteiger partial charge in [0.1, 0.15) is 0 Å². The summed E-state index contributed by atoms with van der Waals surface area (Å²) in [5.41, 5.74) is 2.46. The lowest BCUT2D eigenvalue weighted by Crippen LogP contribution is -2.54. The zero-order valence-corrected chi connectivity index (χ0v) is 13.2. The van der Waals surface area contributed by atoms with Crippen molar-refractivity contribution in [1.29, 1.82) is 0 Å². The third-order valence-electron chi connectivity index (χ3n) is 4.85. The van der Waals surface area contributed by atoms with Gasteiger partial charge in [0.25, 0.3) is 0 Å². The predicted molar refractivity (Wildman–Crippen MR) is 85.0 cm³/mol. The van der Waals surface area contributed by atoms with Gasteiger partial charge in [0.2, 0.25) is 0 Å². The van der Waals surface area contributed by atoms with Crippen molar-refractivity contribution in [2.24, 2.45) is 0 Å². The van der Waals surface area contributed by atoms with Crippen LogP contribution < -0.4 is 0 Å². The zero-order chi connectivity index (χ0) is 14.6. The fourth-order valence-corrected chi connectivity index (χ4v) is 3.07. The normalized spacial score (nSPS) is 19.0. The van der Waals surface area contributed by atoms with E-state index in [0.717, 1.165) is 25.9 Å². The number of hydrogen-bond acceptors (Lipinski definition) is 2. The van der Waals surface area contributed by atoms with Crippen LogP contribution in [0.15, 0.2) is 24.3 Å². The van der Waals surface area contributed by atoms with Gasteiger partial charge in [0.05, 0.1) is 6.10 Å². The van der Waals surface area contributed by atoms with Gasteiger partial charge in [-0.25, -0.2) is 0 Å². The van der Waals surface area contributed by atoms with E-state index in [9.17, 15) is 5.11 Å². The molecule has 20 heavy (non-hydrogen) atoms.